The molecule has 0 unspecified atom stereocenters. The normalized spacial score (nSPS) is 14.2. The molecule has 1 aromatic carbocycles. The SMILES string of the molecule is c1ccc(Oc2nccnc2OCC2CC2)cc1. The third kappa shape index (κ3) is 2.77. The van der Waals surface area contributed by atoms with Crippen molar-refractivity contribution in [3.8, 4) is 17.5 Å². The molecule has 4 nitrogen and oxygen atoms in total. The van der Waals surface area contributed by atoms with Crippen LogP contribution < -0.4 is 9.47 Å². The van der Waals surface area contributed by atoms with E-state index < -0.39 is 0 Å². The fourth-order valence-corrected chi connectivity index (χ4v) is 1.56. The Morgan fingerprint density at radius 3 is 2.44 bits per heavy atom. The average molecular weight is 242 g/mol. The number of hydrogen-bond donors (Lipinski definition) is 0. The number of aromatic nitrogens is 2. The molecule has 0 N–H and O–H groups in total. The van der Waals surface area contributed by atoms with Crippen LogP contribution in [0.2, 0.25) is 0 Å². The molecule has 92 valence electrons. The van der Waals surface area contributed by atoms with Crippen LogP contribution in [0.1, 0.15) is 12.8 Å². The molecule has 1 aliphatic carbocycles. The molecule has 0 amide bonds. The highest BCUT2D eigenvalue weighted by Gasteiger charge is 2.23. The Morgan fingerprint density at radius 2 is 1.72 bits per heavy atom. The first-order valence-electron chi connectivity index (χ1n) is 6.08. The maximum atomic E-state index is 5.66. The van der Waals surface area contributed by atoms with Gasteiger partial charge in [-0.3, -0.25) is 0 Å². The van der Waals surface area contributed by atoms with Gasteiger partial charge in [0.2, 0.25) is 0 Å². The molecule has 0 aliphatic heterocycles. The molecule has 2 aromatic rings. The van der Waals surface area contributed by atoms with Crippen LogP contribution in [0.4, 0.5) is 0 Å². The van der Waals surface area contributed by atoms with Gasteiger partial charge in [0.25, 0.3) is 11.8 Å². The van der Waals surface area contributed by atoms with Gasteiger partial charge in [-0.15, -0.1) is 0 Å². The number of hydrogen-bond acceptors (Lipinski definition) is 4. The van der Waals surface area contributed by atoms with Crippen LogP contribution in [0.5, 0.6) is 17.5 Å². The number of nitrogens with zero attached hydrogens (tertiary/aromatic N) is 2. The molecule has 1 fully saturated rings. The molecular formula is C14H14N2O2. The van der Waals surface area contributed by atoms with Gasteiger partial charge < -0.3 is 9.47 Å². The third-order valence-corrected chi connectivity index (χ3v) is 2.74. The topological polar surface area (TPSA) is 44.2 Å². The van der Waals surface area contributed by atoms with Crippen LogP contribution in [0.25, 0.3) is 0 Å². The first-order valence-corrected chi connectivity index (χ1v) is 6.08. The van der Waals surface area contributed by atoms with E-state index in [1.165, 1.54) is 12.8 Å². The standard InChI is InChI=1S/C14H14N2O2/c1-2-4-12(5-3-1)18-14-13(15-8-9-16-14)17-10-11-6-7-11/h1-5,8-9,11H,6-7,10H2. The number of ether oxygens (including phenoxy) is 2. The zero-order chi connectivity index (χ0) is 12.2. The predicted octanol–water partition coefficient (Wildman–Crippen LogP) is 3.06. The zero-order valence-corrected chi connectivity index (χ0v) is 9.95. The van der Waals surface area contributed by atoms with E-state index in [9.17, 15) is 0 Å². The smallest absolute Gasteiger partial charge is 0.283 e. The molecule has 4 heteroatoms. The highest BCUT2D eigenvalue weighted by molar-refractivity contribution is 5.31. The number of benzene rings is 1. The first kappa shape index (κ1) is 11.0. The molecule has 0 spiro atoms. The minimum atomic E-state index is 0.421. The van der Waals surface area contributed by atoms with Gasteiger partial charge in [0.05, 0.1) is 6.61 Å². The highest BCUT2D eigenvalue weighted by atomic mass is 16.5. The van der Waals surface area contributed by atoms with E-state index in [1.54, 1.807) is 12.4 Å². The van der Waals surface area contributed by atoms with E-state index >= 15 is 0 Å². The monoisotopic (exact) mass is 242 g/mol. The van der Waals surface area contributed by atoms with Gasteiger partial charge in [0.1, 0.15) is 5.75 Å². The van der Waals surface area contributed by atoms with E-state index in [1.807, 2.05) is 30.3 Å². The molecule has 18 heavy (non-hydrogen) atoms. The van der Waals surface area contributed by atoms with Crippen LogP contribution in [0.3, 0.4) is 0 Å². The van der Waals surface area contributed by atoms with Crippen LogP contribution in [0.15, 0.2) is 42.7 Å². The number of rotatable bonds is 5. The summed E-state index contributed by atoms with van der Waals surface area (Å²) < 4.78 is 11.3. The highest BCUT2D eigenvalue weighted by Crippen LogP contribution is 2.32. The van der Waals surface area contributed by atoms with Gasteiger partial charge in [-0.1, -0.05) is 18.2 Å². The second kappa shape index (κ2) is 5.04. The predicted molar refractivity (Wildman–Crippen MR) is 66.8 cm³/mol. The second-order valence-electron chi connectivity index (χ2n) is 4.34. The van der Waals surface area contributed by atoms with Crippen molar-refractivity contribution in [3.63, 3.8) is 0 Å². The van der Waals surface area contributed by atoms with Gasteiger partial charge in [-0.05, 0) is 30.9 Å². The lowest BCUT2D eigenvalue weighted by molar-refractivity contribution is 0.271. The molecule has 1 saturated carbocycles. The Labute approximate surface area is 106 Å². The first-order chi connectivity index (χ1) is 8.92. The van der Waals surface area contributed by atoms with Crippen LogP contribution in [-0.4, -0.2) is 16.6 Å². The molecule has 1 heterocycles. The lowest BCUT2D eigenvalue weighted by atomic mass is 10.3. The Kier molecular flexibility index (Phi) is 3.08. The molecular weight excluding hydrogens is 228 g/mol. The summed E-state index contributed by atoms with van der Waals surface area (Å²) >= 11 is 0. The van der Waals surface area contributed by atoms with E-state index in [-0.39, 0.29) is 0 Å². The average Bonchev–Trinajstić information content (AvgIpc) is 3.23. The summed E-state index contributed by atoms with van der Waals surface area (Å²) in [7, 11) is 0. The van der Waals surface area contributed by atoms with Gasteiger partial charge in [-0.2, -0.15) is 0 Å². The van der Waals surface area contributed by atoms with Crippen LogP contribution >= 0.6 is 0 Å². The van der Waals surface area contributed by atoms with Crippen LogP contribution in [-0.2, 0) is 0 Å². The van der Waals surface area contributed by atoms with Crippen molar-refractivity contribution in [2.45, 2.75) is 12.8 Å². The molecule has 0 atom stereocenters. The minimum Gasteiger partial charge on any atom is -0.474 e. The van der Waals surface area contributed by atoms with E-state index in [4.69, 9.17) is 9.47 Å². The van der Waals surface area contributed by atoms with Crippen molar-refractivity contribution in [1.82, 2.24) is 9.97 Å². The van der Waals surface area contributed by atoms with E-state index in [0.29, 0.717) is 24.3 Å². The van der Waals surface area contributed by atoms with Gasteiger partial charge in [0, 0.05) is 12.4 Å². The Hall–Kier alpha value is -2.10. The van der Waals surface area contributed by atoms with Gasteiger partial charge in [-0.25, -0.2) is 9.97 Å². The maximum Gasteiger partial charge on any atom is 0.283 e. The summed E-state index contributed by atoms with van der Waals surface area (Å²) in [5.41, 5.74) is 0. The van der Waals surface area contributed by atoms with Crippen molar-refractivity contribution in [2.75, 3.05) is 6.61 Å². The fraction of sp³-hybridized carbons (Fsp3) is 0.286. The zero-order valence-electron chi connectivity index (χ0n) is 9.95. The largest absolute Gasteiger partial charge is 0.474 e. The van der Waals surface area contributed by atoms with E-state index in [2.05, 4.69) is 9.97 Å². The van der Waals surface area contributed by atoms with Crippen molar-refractivity contribution in [3.05, 3.63) is 42.7 Å². The van der Waals surface area contributed by atoms with Crippen molar-refractivity contribution < 1.29 is 9.47 Å². The lowest BCUT2D eigenvalue weighted by Crippen LogP contribution is -2.03. The van der Waals surface area contributed by atoms with Crippen molar-refractivity contribution in [1.29, 1.82) is 0 Å². The molecule has 3 rings (SSSR count). The fourth-order valence-electron chi connectivity index (χ4n) is 1.56. The summed E-state index contributed by atoms with van der Waals surface area (Å²) in [4.78, 5) is 8.33. The Morgan fingerprint density at radius 1 is 1.00 bits per heavy atom. The quantitative estimate of drug-likeness (QED) is 0.808. The lowest BCUT2D eigenvalue weighted by Gasteiger charge is -2.09. The third-order valence-electron chi connectivity index (χ3n) is 2.74. The minimum absolute atomic E-state index is 0.421. The van der Waals surface area contributed by atoms with Crippen molar-refractivity contribution >= 4 is 0 Å². The van der Waals surface area contributed by atoms with Crippen molar-refractivity contribution in [2.24, 2.45) is 5.92 Å². The summed E-state index contributed by atoms with van der Waals surface area (Å²) in [6.07, 6.45) is 5.70. The van der Waals surface area contributed by atoms with Gasteiger partial charge >= 0.3 is 0 Å². The summed E-state index contributed by atoms with van der Waals surface area (Å²) in [5, 5.41) is 0. The number of para-hydroxylation sites is 1. The molecule has 0 radical (unpaired) electrons. The van der Waals surface area contributed by atoms with Crippen LogP contribution in [0, 0.1) is 5.92 Å². The maximum absolute atomic E-state index is 5.66. The van der Waals surface area contributed by atoms with Gasteiger partial charge in [0.15, 0.2) is 0 Å². The second-order valence-corrected chi connectivity index (χ2v) is 4.34. The van der Waals surface area contributed by atoms with E-state index in [0.717, 1.165) is 5.75 Å². The molecule has 1 aliphatic rings. The molecule has 0 bridgehead atoms. The Bertz CT molecular complexity index is 512. The summed E-state index contributed by atoms with van der Waals surface area (Å²) in [5.74, 6) is 2.29. The Balaban J connectivity index is 1.73. The summed E-state index contributed by atoms with van der Waals surface area (Å²) in [6, 6.07) is 9.51. The molecule has 0 saturated heterocycles. The molecule has 1 aromatic heterocycles. The summed E-state index contributed by atoms with van der Waals surface area (Å²) in [6.45, 7) is 0.698.